The fourth-order valence-electron chi connectivity index (χ4n) is 4.40. The van der Waals surface area contributed by atoms with Crippen LogP contribution in [-0.2, 0) is 4.84 Å². The molecule has 0 saturated carbocycles. The molecule has 0 N–H and O–H groups in total. The number of benzene rings is 1. The minimum Gasteiger partial charge on any atom is -0.495 e. The van der Waals surface area contributed by atoms with Gasteiger partial charge in [-0.25, -0.2) is 4.98 Å². The molecule has 4 rings (SSSR count). The van der Waals surface area contributed by atoms with Gasteiger partial charge in [-0.05, 0) is 62.2 Å². The Balaban J connectivity index is 1.59. The van der Waals surface area contributed by atoms with Crippen LogP contribution in [0.3, 0.4) is 0 Å². The number of rotatable bonds is 7. The molecule has 0 radical (unpaired) electrons. The minimum absolute atomic E-state index is 0.345. The second-order valence-corrected chi connectivity index (χ2v) is 8.17. The van der Waals surface area contributed by atoms with Crippen LogP contribution < -0.4 is 4.74 Å². The maximum absolute atomic E-state index is 5.68. The van der Waals surface area contributed by atoms with Gasteiger partial charge < -0.3 is 23.9 Å². The van der Waals surface area contributed by atoms with Crippen LogP contribution in [0.25, 0.3) is 11.8 Å². The molecule has 2 aliphatic rings. The van der Waals surface area contributed by atoms with Gasteiger partial charge in [-0.3, -0.25) is 0 Å². The van der Waals surface area contributed by atoms with Gasteiger partial charge in [0, 0.05) is 19.3 Å². The molecular weight excluding hydrogens is 390 g/mol. The van der Waals surface area contributed by atoms with Gasteiger partial charge >= 0.3 is 0 Å². The summed E-state index contributed by atoms with van der Waals surface area (Å²) >= 11 is 0. The lowest BCUT2D eigenvalue weighted by Gasteiger charge is -2.41. The highest BCUT2D eigenvalue weighted by Gasteiger charge is 2.32. The lowest BCUT2D eigenvalue weighted by atomic mass is 9.98. The molecule has 3 heterocycles. The van der Waals surface area contributed by atoms with Crippen LogP contribution in [-0.4, -0.2) is 71.1 Å². The van der Waals surface area contributed by atoms with Crippen LogP contribution in [0, 0.1) is 6.92 Å². The highest BCUT2D eigenvalue weighted by atomic mass is 16.6. The van der Waals surface area contributed by atoms with Gasteiger partial charge in [-0.2, -0.15) is 0 Å². The van der Waals surface area contributed by atoms with E-state index in [1.54, 1.807) is 7.11 Å². The average Bonchev–Trinajstić information content (AvgIpc) is 3.23. The number of methoxy groups -OCH3 is 1. The average molecular weight is 424 g/mol. The van der Waals surface area contributed by atoms with Crippen molar-refractivity contribution in [2.75, 3.05) is 39.9 Å². The number of nitrogens with zero attached hydrogens (tertiary/aromatic N) is 5. The molecule has 7 nitrogen and oxygen atoms in total. The number of amidine groups is 1. The summed E-state index contributed by atoms with van der Waals surface area (Å²) in [5.74, 6) is 1.81. The summed E-state index contributed by atoms with van der Waals surface area (Å²) in [6.07, 6.45) is 8.16. The molecule has 0 amide bonds. The number of oxime groups is 1. The van der Waals surface area contributed by atoms with E-state index in [1.165, 1.54) is 5.57 Å². The van der Waals surface area contributed by atoms with Crippen molar-refractivity contribution in [3.05, 3.63) is 47.6 Å². The Labute approximate surface area is 184 Å². The van der Waals surface area contributed by atoms with E-state index < -0.39 is 0 Å². The summed E-state index contributed by atoms with van der Waals surface area (Å²) in [5.41, 5.74) is 4.28. The molecule has 1 atom stereocenters. The first kappa shape index (κ1) is 21.4. The zero-order valence-corrected chi connectivity index (χ0v) is 19.0. The molecule has 1 aromatic carbocycles. The zero-order valence-electron chi connectivity index (χ0n) is 19.0. The van der Waals surface area contributed by atoms with E-state index in [0.29, 0.717) is 12.6 Å². The van der Waals surface area contributed by atoms with Gasteiger partial charge in [-0.15, -0.1) is 0 Å². The molecule has 31 heavy (non-hydrogen) atoms. The first-order chi connectivity index (χ1) is 15.1. The van der Waals surface area contributed by atoms with Crippen LogP contribution in [0.4, 0.5) is 0 Å². The van der Waals surface area contributed by atoms with Crippen LogP contribution in [0.15, 0.2) is 41.5 Å². The second kappa shape index (κ2) is 9.56. The Morgan fingerprint density at radius 3 is 2.84 bits per heavy atom. The standard InChI is InChI=1S/C24H33N5O2/c1-5-27(6-2)15-21-16-31-26-24-20(8-7-11-29(21)24)12-19-9-10-22(23(13-19)30-4)28-14-18(3)25-17-28/h9-10,12-14,17,21H,5-8,11,15-16H2,1-4H3/b20-12+/t21-/m0/s1. The summed E-state index contributed by atoms with van der Waals surface area (Å²) in [4.78, 5) is 14.9. The van der Waals surface area contributed by atoms with Crippen molar-refractivity contribution in [1.29, 1.82) is 0 Å². The van der Waals surface area contributed by atoms with Gasteiger partial charge in [0.15, 0.2) is 5.84 Å². The number of piperidine rings is 1. The molecule has 0 spiro atoms. The fourth-order valence-corrected chi connectivity index (χ4v) is 4.40. The van der Waals surface area contributed by atoms with Crippen molar-refractivity contribution in [3.8, 4) is 11.4 Å². The topological polar surface area (TPSA) is 55.1 Å². The van der Waals surface area contributed by atoms with Crippen LogP contribution >= 0.6 is 0 Å². The van der Waals surface area contributed by atoms with E-state index in [-0.39, 0.29) is 0 Å². The van der Waals surface area contributed by atoms with Crippen molar-refractivity contribution in [1.82, 2.24) is 19.4 Å². The van der Waals surface area contributed by atoms with Crippen LogP contribution in [0.2, 0.25) is 0 Å². The van der Waals surface area contributed by atoms with E-state index in [1.807, 2.05) is 24.0 Å². The summed E-state index contributed by atoms with van der Waals surface area (Å²) in [5, 5.41) is 4.46. The van der Waals surface area contributed by atoms with Gasteiger partial charge in [-0.1, -0.05) is 25.1 Å². The van der Waals surface area contributed by atoms with Gasteiger partial charge in [0.05, 0.1) is 30.9 Å². The summed E-state index contributed by atoms with van der Waals surface area (Å²) in [6.45, 7) is 11.2. The SMILES string of the molecule is CCN(CC)C[C@H]1CON=C2/C(=C/c3ccc(-n4cnc(C)c4)c(OC)c3)CCCN21. The van der Waals surface area contributed by atoms with E-state index in [0.717, 1.165) is 67.6 Å². The molecule has 1 saturated heterocycles. The molecule has 166 valence electrons. The van der Waals surface area contributed by atoms with Crippen molar-refractivity contribution >= 4 is 11.9 Å². The van der Waals surface area contributed by atoms with Crippen molar-refractivity contribution in [2.45, 2.75) is 39.7 Å². The van der Waals surface area contributed by atoms with E-state index in [4.69, 9.17) is 9.57 Å². The number of ether oxygens (including phenoxy) is 1. The highest BCUT2D eigenvalue weighted by Crippen LogP contribution is 2.29. The van der Waals surface area contributed by atoms with Gasteiger partial charge in [0.25, 0.3) is 0 Å². The van der Waals surface area contributed by atoms with E-state index in [9.17, 15) is 0 Å². The molecular formula is C24H33N5O2. The van der Waals surface area contributed by atoms with Crippen molar-refractivity contribution in [3.63, 3.8) is 0 Å². The van der Waals surface area contributed by atoms with Gasteiger partial charge in [0.2, 0.25) is 0 Å². The smallest absolute Gasteiger partial charge is 0.171 e. The number of fused-ring (bicyclic) bond motifs is 1. The summed E-state index contributed by atoms with van der Waals surface area (Å²) in [6, 6.07) is 6.62. The monoisotopic (exact) mass is 423 g/mol. The number of aromatic nitrogens is 2. The third-order valence-electron chi connectivity index (χ3n) is 6.16. The zero-order chi connectivity index (χ0) is 21.8. The number of aryl methyl sites for hydroxylation is 1. The Bertz CT molecular complexity index is 961. The largest absolute Gasteiger partial charge is 0.495 e. The minimum atomic E-state index is 0.345. The fraction of sp³-hybridized carbons (Fsp3) is 0.500. The predicted octanol–water partition coefficient (Wildman–Crippen LogP) is 3.72. The first-order valence-corrected chi connectivity index (χ1v) is 11.2. The molecule has 0 bridgehead atoms. The lowest BCUT2D eigenvalue weighted by Crippen LogP contribution is -2.53. The molecule has 2 aliphatic heterocycles. The molecule has 0 aliphatic carbocycles. The van der Waals surface area contributed by atoms with Crippen molar-refractivity contribution in [2.24, 2.45) is 5.16 Å². The molecule has 1 fully saturated rings. The Kier molecular flexibility index (Phi) is 6.61. The third kappa shape index (κ3) is 4.61. The van der Waals surface area contributed by atoms with Crippen LogP contribution in [0.5, 0.6) is 5.75 Å². The number of imidazole rings is 1. The quantitative estimate of drug-likeness (QED) is 0.679. The summed E-state index contributed by atoms with van der Waals surface area (Å²) < 4.78 is 7.67. The molecule has 7 heteroatoms. The lowest BCUT2D eigenvalue weighted by molar-refractivity contribution is 0.0422. The van der Waals surface area contributed by atoms with E-state index >= 15 is 0 Å². The Morgan fingerprint density at radius 1 is 1.29 bits per heavy atom. The van der Waals surface area contributed by atoms with E-state index in [2.05, 4.69) is 58.1 Å². The molecule has 2 aromatic rings. The number of likely N-dealkylation sites (N-methyl/N-ethyl adjacent to an activating group) is 1. The summed E-state index contributed by atoms with van der Waals surface area (Å²) in [7, 11) is 1.71. The second-order valence-electron chi connectivity index (χ2n) is 8.17. The Hall–Kier alpha value is -2.80. The molecule has 0 unspecified atom stereocenters. The maximum Gasteiger partial charge on any atom is 0.171 e. The normalized spacial score (nSPS) is 19.9. The first-order valence-electron chi connectivity index (χ1n) is 11.2. The number of hydrogen-bond acceptors (Lipinski definition) is 6. The predicted molar refractivity (Wildman–Crippen MR) is 124 cm³/mol. The Morgan fingerprint density at radius 2 is 2.13 bits per heavy atom. The maximum atomic E-state index is 5.68. The highest BCUT2D eigenvalue weighted by molar-refractivity contribution is 6.02. The number of hydrogen-bond donors (Lipinski definition) is 0. The van der Waals surface area contributed by atoms with Crippen LogP contribution in [0.1, 0.15) is 37.9 Å². The third-order valence-corrected chi connectivity index (χ3v) is 6.16. The van der Waals surface area contributed by atoms with Gasteiger partial charge in [0.1, 0.15) is 12.4 Å². The molecule has 1 aromatic heterocycles. The van der Waals surface area contributed by atoms with Crippen molar-refractivity contribution < 1.29 is 9.57 Å².